The number of rotatable bonds is 5. The average molecular weight is 154 g/mol. The van der Waals surface area contributed by atoms with Gasteiger partial charge in [0, 0.05) is 0 Å². The molecule has 0 fully saturated rings. The Morgan fingerprint density at radius 3 is 1.64 bits per heavy atom. The monoisotopic (exact) mass is 154 g/mol. The highest BCUT2D eigenvalue weighted by atomic mass is 14.0. The first-order valence-corrected chi connectivity index (χ1v) is 4.93. The predicted molar refractivity (Wildman–Crippen MR) is 52.8 cm³/mol. The highest BCUT2D eigenvalue weighted by Gasteiger charge is 1.98. The van der Waals surface area contributed by atoms with E-state index in [-0.39, 0.29) is 0 Å². The minimum Gasteiger partial charge on any atom is -0.0744 e. The van der Waals surface area contributed by atoms with Gasteiger partial charge in [0.25, 0.3) is 0 Å². The molecule has 11 heavy (non-hydrogen) atoms. The zero-order chi connectivity index (χ0) is 8.69. The Morgan fingerprint density at radius 2 is 1.36 bits per heavy atom. The second-order valence-corrected chi connectivity index (χ2v) is 3.24. The van der Waals surface area contributed by atoms with Gasteiger partial charge in [-0.05, 0) is 26.2 Å². The van der Waals surface area contributed by atoms with E-state index in [4.69, 9.17) is 0 Å². The first-order valence-electron chi connectivity index (χ1n) is 4.93. The van der Waals surface area contributed by atoms with Crippen molar-refractivity contribution >= 4 is 0 Å². The van der Waals surface area contributed by atoms with E-state index in [0.717, 1.165) is 0 Å². The summed E-state index contributed by atoms with van der Waals surface area (Å²) in [4.78, 5) is 0. The molecule has 0 aliphatic heterocycles. The van der Waals surface area contributed by atoms with Gasteiger partial charge in [-0.3, -0.25) is 0 Å². The van der Waals surface area contributed by atoms with Crippen molar-refractivity contribution < 1.29 is 0 Å². The van der Waals surface area contributed by atoms with Crippen molar-refractivity contribution in [2.45, 2.75) is 59.8 Å². The van der Waals surface area contributed by atoms with Crippen LogP contribution in [0.25, 0.3) is 0 Å². The number of hydrogen-bond donors (Lipinski definition) is 0. The molecule has 0 aliphatic rings. The van der Waals surface area contributed by atoms with Crippen LogP contribution in [0.5, 0.6) is 0 Å². The van der Waals surface area contributed by atoms with Crippen LogP contribution in [0.1, 0.15) is 59.8 Å². The largest absolute Gasteiger partial charge is 0.0744 e. The number of allylic oxidation sites excluding steroid dienone is 2. The van der Waals surface area contributed by atoms with Crippen LogP contribution in [-0.4, -0.2) is 0 Å². The van der Waals surface area contributed by atoms with Crippen LogP contribution >= 0.6 is 0 Å². The summed E-state index contributed by atoms with van der Waals surface area (Å²) in [7, 11) is 0. The second kappa shape index (κ2) is 6.45. The summed E-state index contributed by atoms with van der Waals surface area (Å²) in [6, 6.07) is 0. The van der Waals surface area contributed by atoms with Crippen LogP contribution < -0.4 is 0 Å². The maximum atomic E-state index is 2.28. The Bertz CT molecular complexity index is 112. The quantitative estimate of drug-likeness (QED) is 0.517. The fourth-order valence-electron chi connectivity index (χ4n) is 1.41. The molecular formula is C11H22. The maximum absolute atomic E-state index is 2.28. The van der Waals surface area contributed by atoms with E-state index in [1.165, 1.54) is 32.1 Å². The van der Waals surface area contributed by atoms with Gasteiger partial charge < -0.3 is 0 Å². The van der Waals surface area contributed by atoms with Crippen molar-refractivity contribution in [2.24, 2.45) is 0 Å². The van der Waals surface area contributed by atoms with E-state index in [1.807, 2.05) is 0 Å². The third kappa shape index (κ3) is 4.23. The molecule has 0 aromatic heterocycles. The summed E-state index contributed by atoms with van der Waals surface area (Å²) in [5.41, 5.74) is 3.33. The van der Waals surface area contributed by atoms with E-state index < -0.39 is 0 Å². The molecule has 0 saturated heterocycles. The van der Waals surface area contributed by atoms with Gasteiger partial charge in [-0.2, -0.15) is 0 Å². The topological polar surface area (TPSA) is 0 Å². The van der Waals surface area contributed by atoms with E-state index in [0.29, 0.717) is 0 Å². The second-order valence-electron chi connectivity index (χ2n) is 3.24. The van der Waals surface area contributed by atoms with Crippen molar-refractivity contribution in [3.05, 3.63) is 11.1 Å². The standard InChI is InChI=1S/C11H22/c1-5-8-11(9-6-2)10(4)7-3/h5-9H2,1-4H3. The lowest BCUT2D eigenvalue weighted by Gasteiger charge is -2.08. The fourth-order valence-corrected chi connectivity index (χ4v) is 1.41. The van der Waals surface area contributed by atoms with Gasteiger partial charge >= 0.3 is 0 Å². The van der Waals surface area contributed by atoms with Crippen molar-refractivity contribution in [1.82, 2.24) is 0 Å². The van der Waals surface area contributed by atoms with Crippen LogP contribution in [0.3, 0.4) is 0 Å². The fraction of sp³-hybridized carbons (Fsp3) is 0.818. The molecule has 0 bridgehead atoms. The van der Waals surface area contributed by atoms with Gasteiger partial charge in [-0.1, -0.05) is 44.8 Å². The Hall–Kier alpha value is -0.260. The lowest BCUT2D eigenvalue weighted by atomic mass is 9.99. The Morgan fingerprint density at radius 1 is 0.909 bits per heavy atom. The Labute approximate surface area is 71.7 Å². The highest BCUT2D eigenvalue weighted by molar-refractivity contribution is 5.11. The van der Waals surface area contributed by atoms with E-state index in [9.17, 15) is 0 Å². The molecule has 0 heteroatoms. The minimum absolute atomic E-state index is 1.23. The van der Waals surface area contributed by atoms with E-state index in [1.54, 1.807) is 11.1 Å². The normalized spacial score (nSPS) is 9.82. The molecule has 0 N–H and O–H groups in total. The van der Waals surface area contributed by atoms with Crippen LogP contribution in [0.15, 0.2) is 11.1 Å². The van der Waals surface area contributed by atoms with Crippen molar-refractivity contribution in [3.63, 3.8) is 0 Å². The molecule has 0 nitrogen and oxygen atoms in total. The molecule has 0 saturated carbocycles. The molecule has 0 atom stereocenters. The molecule has 0 aromatic carbocycles. The lowest BCUT2D eigenvalue weighted by molar-refractivity contribution is 0.779. The first-order chi connectivity index (χ1) is 5.26. The zero-order valence-electron chi connectivity index (χ0n) is 8.54. The summed E-state index contributed by atoms with van der Waals surface area (Å²) in [5, 5.41) is 0. The van der Waals surface area contributed by atoms with Crippen LogP contribution in [0.4, 0.5) is 0 Å². The maximum Gasteiger partial charge on any atom is -0.0320 e. The van der Waals surface area contributed by atoms with Crippen LogP contribution in [-0.2, 0) is 0 Å². The zero-order valence-corrected chi connectivity index (χ0v) is 8.54. The molecule has 0 radical (unpaired) electrons. The van der Waals surface area contributed by atoms with Gasteiger partial charge in [0.15, 0.2) is 0 Å². The first kappa shape index (κ1) is 10.7. The summed E-state index contributed by atoms with van der Waals surface area (Å²) >= 11 is 0. The summed E-state index contributed by atoms with van der Waals surface area (Å²) in [5.74, 6) is 0. The molecule has 0 aliphatic carbocycles. The SMILES string of the molecule is CCCC(CCC)=C(C)CC. The Balaban J connectivity index is 4.05. The van der Waals surface area contributed by atoms with Gasteiger partial charge in [0.05, 0.1) is 0 Å². The van der Waals surface area contributed by atoms with Crippen LogP contribution in [0, 0.1) is 0 Å². The van der Waals surface area contributed by atoms with E-state index >= 15 is 0 Å². The Kier molecular flexibility index (Phi) is 6.30. The smallest absolute Gasteiger partial charge is 0.0320 e. The summed E-state index contributed by atoms with van der Waals surface area (Å²) in [6.45, 7) is 9.05. The molecule has 0 aromatic rings. The summed E-state index contributed by atoms with van der Waals surface area (Å²) in [6.07, 6.45) is 6.45. The molecule has 0 amide bonds. The third-order valence-electron chi connectivity index (χ3n) is 2.24. The van der Waals surface area contributed by atoms with Crippen LogP contribution in [0.2, 0.25) is 0 Å². The highest BCUT2D eigenvalue weighted by Crippen LogP contribution is 2.18. The predicted octanol–water partition coefficient (Wildman–Crippen LogP) is 4.31. The molecular weight excluding hydrogens is 132 g/mol. The van der Waals surface area contributed by atoms with Gasteiger partial charge in [-0.25, -0.2) is 0 Å². The number of hydrogen-bond acceptors (Lipinski definition) is 0. The molecule has 66 valence electrons. The van der Waals surface area contributed by atoms with Gasteiger partial charge in [-0.15, -0.1) is 0 Å². The van der Waals surface area contributed by atoms with Gasteiger partial charge in [0.2, 0.25) is 0 Å². The molecule has 0 spiro atoms. The molecule has 0 heterocycles. The van der Waals surface area contributed by atoms with E-state index in [2.05, 4.69) is 27.7 Å². The van der Waals surface area contributed by atoms with Gasteiger partial charge in [0.1, 0.15) is 0 Å². The molecule has 0 unspecified atom stereocenters. The molecule has 0 rings (SSSR count). The average Bonchev–Trinajstić information content (AvgIpc) is 2.03. The van der Waals surface area contributed by atoms with Crippen molar-refractivity contribution in [1.29, 1.82) is 0 Å². The third-order valence-corrected chi connectivity index (χ3v) is 2.24. The van der Waals surface area contributed by atoms with Crippen molar-refractivity contribution in [3.8, 4) is 0 Å². The minimum atomic E-state index is 1.23. The van der Waals surface area contributed by atoms with Crippen molar-refractivity contribution in [2.75, 3.05) is 0 Å². The summed E-state index contributed by atoms with van der Waals surface area (Å²) < 4.78 is 0. The lowest BCUT2D eigenvalue weighted by Crippen LogP contribution is -1.88.